The van der Waals surface area contributed by atoms with E-state index in [4.69, 9.17) is 4.74 Å². The Labute approximate surface area is 125 Å². The number of aryl methyl sites for hydroxylation is 1. The molecular formula is C18H20N2O. The Morgan fingerprint density at radius 1 is 1.19 bits per heavy atom. The molecule has 21 heavy (non-hydrogen) atoms. The highest BCUT2D eigenvalue weighted by Gasteiger charge is 2.39. The van der Waals surface area contributed by atoms with E-state index < -0.39 is 0 Å². The average Bonchev–Trinajstić information content (AvgIpc) is 2.55. The van der Waals surface area contributed by atoms with Gasteiger partial charge in [0.25, 0.3) is 0 Å². The van der Waals surface area contributed by atoms with E-state index in [1.165, 1.54) is 28.8 Å². The summed E-state index contributed by atoms with van der Waals surface area (Å²) in [4.78, 5) is 4.14. The molecule has 0 amide bonds. The van der Waals surface area contributed by atoms with Gasteiger partial charge in [0.05, 0.1) is 12.1 Å². The molecule has 0 radical (unpaired) electrons. The number of nitrogens with zero attached hydrogens (tertiary/aromatic N) is 1. The minimum atomic E-state index is 0.216. The maximum atomic E-state index is 6.16. The maximum Gasteiger partial charge on any atom is 0.0895 e. The van der Waals surface area contributed by atoms with Gasteiger partial charge in [-0.1, -0.05) is 17.7 Å². The molecule has 0 spiro atoms. The van der Waals surface area contributed by atoms with E-state index in [9.17, 15) is 0 Å². The number of rotatable bonds is 1. The second-order valence-corrected chi connectivity index (χ2v) is 6.09. The molecule has 3 unspecified atom stereocenters. The normalized spacial score (nSPS) is 27.4. The molecule has 4 rings (SSSR count). The van der Waals surface area contributed by atoms with Gasteiger partial charge in [-0.15, -0.1) is 0 Å². The third-order valence-electron chi connectivity index (χ3n) is 4.69. The molecule has 108 valence electrons. The lowest BCUT2D eigenvalue weighted by Gasteiger charge is -2.43. The van der Waals surface area contributed by atoms with Gasteiger partial charge in [-0.3, -0.25) is 4.98 Å². The zero-order valence-electron chi connectivity index (χ0n) is 12.3. The van der Waals surface area contributed by atoms with Crippen LogP contribution >= 0.6 is 0 Å². The van der Waals surface area contributed by atoms with Gasteiger partial charge >= 0.3 is 0 Å². The first-order chi connectivity index (χ1) is 10.3. The zero-order chi connectivity index (χ0) is 14.2. The molecule has 0 saturated carbocycles. The lowest BCUT2D eigenvalue weighted by molar-refractivity contribution is -0.0381. The van der Waals surface area contributed by atoms with Crippen molar-refractivity contribution >= 4 is 5.69 Å². The largest absolute Gasteiger partial charge is 0.378 e. The van der Waals surface area contributed by atoms with E-state index >= 15 is 0 Å². The number of benzene rings is 1. The molecule has 1 saturated heterocycles. The molecule has 2 aliphatic heterocycles. The lowest BCUT2D eigenvalue weighted by atomic mass is 9.77. The molecule has 1 aromatic carbocycles. The van der Waals surface area contributed by atoms with Gasteiger partial charge in [0.2, 0.25) is 0 Å². The summed E-state index contributed by atoms with van der Waals surface area (Å²) < 4.78 is 6.16. The number of aromatic nitrogens is 1. The zero-order valence-corrected chi connectivity index (χ0v) is 12.3. The van der Waals surface area contributed by atoms with Crippen molar-refractivity contribution in [2.24, 2.45) is 5.92 Å². The third kappa shape index (κ3) is 2.22. The van der Waals surface area contributed by atoms with E-state index in [2.05, 4.69) is 47.6 Å². The number of nitrogens with one attached hydrogen (secondary N) is 1. The molecule has 1 N–H and O–H groups in total. The summed E-state index contributed by atoms with van der Waals surface area (Å²) >= 11 is 0. The molecule has 2 aromatic rings. The fourth-order valence-electron chi connectivity index (χ4n) is 3.69. The Morgan fingerprint density at radius 2 is 2.05 bits per heavy atom. The predicted octanol–water partition coefficient (Wildman–Crippen LogP) is 4.02. The molecule has 3 heteroatoms. The van der Waals surface area contributed by atoms with Crippen LogP contribution in [0.3, 0.4) is 0 Å². The minimum Gasteiger partial charge on any atom is -0.378 e. The van der Waals surface area contributed by atoms with Gasteiger partial charge in [-0.05, 0) is 43.5 Å². The Kier molecular flexibility index (Phi) is 3.15. The standard InChI is InChI=1S/C18H20N2O/c1-12-4-5-16-15(11-12)18-14(3-2-10-21-18)17(20-16)13-6-8-19-9-7-13/h4-9,11,14,17-18,20H,2-3,10H2,1H3. The molecular weight excluding hydrogens is 260 g/mol. The fraction of sp³-hybridized carbons (Fsp3) is 0.389. The number of fused-ring (bicyclic) bond motifs is 3. The average molecular weight is 280 g/mol. The van der Waals surface area contributed by atoms with E-state index in [0.29, 0.717) is 12.0 Å². The van der Waals surface area contributed by atoms with Gasteiger partial charge in [0, 0.05) is 36.2 Å². The highest BCUT2D eigenvalue weighted by Crippen LogP contribution is 2.49. The van der Waals surface area contributed by atoms with Crippen molar-refractivity contribution in [3.05, 3.63) is 59.4 Å². The summed E-state index contributed by atoms with van der Waals surface area (Å²) in [5.41, 5.74) is 5.14. The highest BCUT2D eigenvalue weighted by atomic mass is 16.5. The predicted molar refractivity (Wildman–Crippen MR) is 83.2 cm³/mol. The monoisotopic (exact) mass is 280 g/mol. The van der Waals surface area contributed by atoms with Crippen molar-refractivity contribution in [1.29, 1.82) is 0 Å². The molecule has 3 atom stereocenters. The first kappa shape index (κ1) is 12.8. The summed E-state index contributed by atoms with van der Waals surface area (Å²) in [6.07, 6.45) is 6.32. The number of pyridine rings is 1. The summed E-state index contributed by atoms with van der Waals surface area (Å²) in [5.74, 6) is 0.496. The summed E-state index contributed by atoms with van der Waals surface area (Å²) in [7, 11) is 0. The Hall–Kier alpha value is -1.87. The Balaban J connectivity index is 1.79. The van der Waals surface area contributed by atoms with Crippen LogP contribution in [0.4, 0.5) is 5.69 Å². The Morgan fingerprint density at radius 3 is 2.90 bits per heavy atom. The first-order valence-corrected chi connectivity index (χ1v) is 7.71. The fourth-order valence-corrected chi connectivity index (χ4v) is 3.69. The third-order valence-corrected chi connectivity index (χ3v) is 4.69. The van der Waals surface area contributed by atoms with Crippen LogP contribution in [0.2, 0.25) is 0 Å². The molecule has 0 aliphatic carbocycles. The summed E-state index contributed by atoms with van der Waals surface area (Å²) in [5, 5.41) is 3.73. The molecule has 3 heterocycles. The van der Waals surface area contributed by atoms with Gasteiger partial charge in [-0.2, -0.15) is 0 Å². The van der Waals surface area contributed by atoms with Gasteiger partial charge in [0.15, 0.2) is 0 Å². The topological polar surface area (TPSA) is 34.1 Å². The SMILES string of the molecule is Cc1ccc2c(c1)C1OCCCC1C(c1ccncc1)N2. The van der Waals surface area contributed by atoms with Crippen LogP contribution in [-0.4, -0.2) is 11.6 Å². The van der Waals surface area contributed by atoms with Crippen LogP contribution in [0, 0.1) is 12.8 Å². The van der Waals surface area contributed by atoms with Crippen LogP contribution < -0.4 is 5.32 Å². The van der Waals surface area contributed by atoms with Crippen molar-refractivity contribution in [2.45, 2.75) is 31.9 Å². The first-order valence-electron chi connectivity index (χ1n) is 7.71. The Bertz CT molecular complexity index is 641. The van der Waals surface area contributed by atoms with Crippen molar-refractivity contribution in [3.8, 4) is 0 Å². The van der Waals surface area contributed by atoms with Crippen molar-refractivity contribution in [3.63, 3.8) is 0 Å². The number of hydrogen-bond donors (Lipinski definition) is 1. The number of hydrogen-bond acceptors (Lipinski definition) is 3. The van der Waals surface area contributed by atoms with Gasteiger partial charge in [0.1, 0.15) is 0 Å². The van der Waals surface area contributed by atoms with E-state index in [1.54, 1.807) is 0 Å². The summed E-state index contributed by atoms with van der Waals surface area (Å²) in [6.45, 7) is 3.02. The molecule has 0 bridgehead atoms. The van der Waals surface area contributed by atoms with Crippen LogP contribution in [0.5, 0.6) is 0 Å². The van der Waals surface area contributed by atoms with Crippen LogP contribution in [0.25, 0.3) is 0 Å². The van der Waals surface area contributed by atoms with Crippen molar-refractivity contribution < 1.29 is 4.74 Å². The molecule has 1 fully saturated rings. The summed E-state index contributed by atoms with van der Waals surface area (Å²) in [6, 6.07) is 11.2. The smallest absolute Gasteiger partial charge is 0.0895 e. The van der Waals surface area contributed by atoms with E-state index in [-0.39, 0.29) is 6.10 Å². The second kappa shape index (κ2) is 5.15. The van der Waals surface area contributed by atoms with Crippen LogP contribution in [-0.2, 0) is 4.74 Å². The van der Waals surface area contributed by atoms with Crippen molar-refractivity contribution in [1.82, 2.24) is 4.98 Å². The van der Waals surface area contributed by atoms with E-state index in [1.807, 2.05) is 12.4 Å². The number of anilines is 1. The van der Waals surface area contributed by atoms with Crippen LogP contribution in [0.15, 0.2) is 42.7 Å². The van der Waals surface area contributed by atoms with Gasteiger partial charge < -0.3 is 10.1 Å². The second-order valence-electron chi connectivity index (χ2n) is 6.09. The number of ether oxygens (including phenoxy) is 1. The molecule has 2 aliphatic rings. The van der Waals surface area contributed by atoms with E-state index in [0.717, 1.165) is 13.0 Å². The van der Waals surface area contributed by atoms with Crippen molar-refractivity contribution in [2.75, 3.05) is 11.9 Å². The van der Waals surface area contributed by atoms with Gasteiger partial charge in [-0.25, -0.2) is 0 Å². The minimum absolute atomic E-state index is 0.216. The maximum absolute atomic E-state index is 6.16. The quantitative estimate of drug-likeness (QED) is 0.856. The highest BCUT2D eigenvalue weighted by molar-refractivity contribution is 5.58. The lowest BCUT2D eigenvalue weighted by Crippen LogP contribution is -2.36. The molecule has 3 nitrogen and oxygen atoms in total. The van der Waals surface area contributed by atoms with Crippen LogP contribution in [0.1, 0.15) is 41.7 Å². The molecule has 1 aromatic heterocycles.